The minimum atomic E-state index is 1.20. The molecule has 138 valence electrons. The van der Waals surface area contributed by atoms with Gasteiger partial charge in [0.2, 0.25) is 0 Å². The summed E-state index contributed by atoms with van der Waals surface area (Å²) in [5.41, 5.74) is 7.69. The molecule has 0 spiro atoms. The van der Waals surface area contributed by atoms with E-state index in [9.17, 15) is 0 Å². The highest BCUT2D eigenvalue weighted by molar-refractivity contribution is 6.23. The molecular formula is C28H21N. The summed E-state index contributed by atoms with van der Waals surface area (Å²) in [6, 6.07) is 30.8. The number of hydrogen-bond acceptors (Lipinski definition) is 0. The van der Waals surface area contributed by atoms with E-state index in [-0.39, 0.29) is 0 Å². The predicted octanol–water partition coefficient (Wildman–Crippen LogP) is 7.91. The van der Waals surface area contributed by atoms with Gasteiger partial charge in [0.05, 0.1) is 5.52 Å². The van der Waals surface area contributed by atoms with Crippen LogP contribution in [-0.4, -0.2) is 4.98 Å². The number of fused-ring (bicyclic) bond motifs is 6. The van der Waals surface area contributed by atoms with E-state index in [4.69, 9.17) is 0 Å². The number of aryl methyl sites for hydroxylation is 2. The Bertz CT molecular complexity index is 1570. The highest BCUT2D eigenvalue weighted by atomic mass is 14.7. The molecule has 29 heavy (non-hydrogen) atoms. The van der Waals surface area contributed by atoms with Gasteiger partial charge in [-0.15, -0.1) is 0 Å². The van der Waals surface area contributed by atoms with Crippen molar-refractivity contribution >= 4 is 43.4 Å². The van der Waals surface area contributed by atoms with Crippen molar-refractivity contribution in [2.45, 2.75) is 13.8 Å². The first kappa shape index (κ1) is 16.4. The molecule has 1 N–H and O–H groups in total. The molecule has 0 aliphatic rings. The Morgan fingerprint density at radius 1 is 0.517 bits per heavy atom. The second kappa shape index (κ2) is 5.96. The summed E-state index contributed by atoms with van der Waals surface area (Å²) in [7, 11) is 0. The SMILES string of the molecule is Cc1ccc2ccccc2c1-c1c(C)ccc2c1[nH]c1ccc3ccccc3c12. The molecule has 0 saturated heterocycles. The van der Waals surface area contributed by atoms with Crippen LogP contribution in [-0.2, 0) is 0 Å². The maximum absolute atomic E-state index is 3.77. The van der Waals surface area contributed by atoms with Crippen LogP contribution in [0.1, 0.15) is 11.1 Å². The highest BCUT2D eigenvalue weighted by Crippen LogP contribution is 2.41. The van der Waals surface area contributed by atoms with E-state index in [1.807, 2.05) is 0 Å². The van der Waals surface area contributed by atoms with Crippen LogP contribution in [0.5, 0.6) is 0 Å². The summed E-state index contributed by atoms with van der Waals surface area (Å²) in [4.78, 5) is 3.77. The van der Waals surface area contributed by atoms with Gasteiger partial charge in [-0.1, -0.05) is 78.9 Å². The van der Waals surface area contributed by atoms with Gasteiger partial charge in [0.1, 0.15) is 0 Å². The molecule has 0 amide bonds. The minimum Gasteiger partial charge on any atom is -0.354 e. The van der Waals surface area contributed by atoms with Gasteiger partial charge in [-0.05, 0) is 58.1 Å². The van der Waals surface area contributed by atoms with Gasteiger partial charge in [-0.25, -0.2) is 0 Å². The van der Waals surface area contributed by atoms with Crippen LogP contribution in [0.3, 0.4) is 0 Å². The molecule has 0 fully saturated rings. The third-order valence-electron chi connectivity index (χ3n) is 6.26. The van der Waals surface area contributed by atoms with Crippen molar-refractivity contribution in [2.24, 2.45) is 0 Å². The van der Waals surface area contributed by atoms with Gasteiger partial charge in [-0.2, -0.15) is 0 Å². The van der Waals surface area contributed by atoms with Gasteiger partial charge in [0.25, 0.3) is 0 Å². The monoisotopic (exact) mass is 371 g/mol. The van der Waals surface area contributed by atoms with E-state index < -0.39 is 0 Å². The maximum Gasteiger partial charge on any atom is 0.0547 e. The zero-order valence-electron chi connectivity index (χ0n) is 16.6. The molecule has 0 bridgehead atoms. The van der Waals surface area contributed by atoms with Crippen LogP contribution >= 0.6 is 0 Å². The first-order valence-corrected chi connectivity index (χ1v) is 10.1. The molecule has 1 aromatic heterocycles. The number of aromatic amines is 1. The van der Waals surface area contributed by atoms with Crippen molar-refractivity contribution in [1.29, 1.82) is 0 Å². The Kier molecular flexibility index (Phi) is 3.36. The van der Waals surface area contributed by atoms with E-state index in [2.05, 4.69) is 104 Å². The topological polar surface area (TPSA) is 15.8 Å². The summed E-state index contributed by atoms with van der Waals surface area (Å²) in [5.74, 6) is 0. The van der Waals surface area contributed by atoms with Gasteiger partial charge in [-0.3, -0.25) is 0 Å². The van der Waals surface area contributed by atoms with E-state index in [1.165, 1.54) is 65.6 Å². The first-order chi connectivity index (χ1) is 14.2. The van der Waals surface area contributed by atoms with E-state index in [0.717, 1.165) is 0 Å². The number of rotatable bonds is 1. The molecule has 1 heterocycles. The molecule has 0 unspecified atom stereocenters. The molecule has 0 aliphatic heterocycles. The number of nitrogens with one attached hydrogen (secondary N) is 1. The van der Waals surface area contributed by atoms with Crippen LogP contribution < -0.4 is 0 Å². The lowest BCUT2D eigenvalue weighted by Gasteiger charge is -2.14. The molecular weight excluding hydrogens is 350 g/mol. The number of aromatic nitrogens is 1. The summed E-state index contributed by atoms with van der Waals surface area (Å²) in [6.45, 7) is 4.44. The molecule has 0 saturated carbocycles. The lowest BCUT2D eigenvalue weighted by Crippen LogP contribution is -1.91. The van der Waals surface area contributed by atoms with Crippen molar-refractivity contribution in [1.82, 2.24) is 4.98 Å². The Hall–Kier alpha value is -3.58. The van der Waals surface area contributed by atoms with Crippen LogP contribution in [0.15, 0.2) is 84.9 Å². The molecule has 1 nitrogen and oxygen atoms in total. The van der Waals surface area contributed by atoms with Crippen LogP contribution in [0.25, 0.3) is 54.5 Å². The molecule has 0 radical (unpaired) electrons. The zero-order valence-corrected chi connectivity index (χ0v) is 16.6. The fourth-order valence-corrected chi connectivity index (χ4v) is 4.88. The second-order valence-corrected chi connectivity index (χ2v) is 7.99. The molecule has 0 aliphatic carbocycles. The Labute approximate surface area is 169 Å². The first-order valence-electron chi connectivity index (χ1n) is 10.1. The largest absolute Gasteiger partial charge is 0.354 e. The highest BCUT2D eigenvalue weighted by Gasteiger charge is 2.17. The standard InChI is InChI=1S/C28H21N/c1-17-11-13-19-7-3-5-9-21(19)25(17)26-18(2)12-15-23-27-22-10-6-4-8-20(22)14-16-24(27)29-28(23)26/h3-16,29H,1-2H3. The van der Waals surface area contributed by atoms with Gasteiger partial charge < -0.3 is 4.98 Å². The third kappa shape index (κ3) is 2.28. The van der Waals surface area contributed by atoms with Crippen molar-refractivity contribution in [3.05, 3.63) is 96.1 Å². The second-order valence-electron chi connectivity index (χ2n) is 7.99. The smallest absolute Gasteiger partial charge is 0.0547 e. The summed E-state index contributed by atoms with van der Waals surface area (Å²) >= 11 is 0. The molecule has 0 atom stereocenters. The van der Waals surface area contributed by atoms with Crippen LogP contribution in [0.2, 0.25) is 0 Å². The molecule has 6 aromatic rings. The van der Waals surface area contributed by atoms with Gasteiger partial charge in [0, 0.05) is 21.9 Å². The zero-order chi connectivity index (χ0) is 19.5. The maximum atomic E-state index is 3.77. The molecule has 6 rings (SSSR count). The average molecular weight is 371 g/mol. The fraction of sp³-hybridized carbons (Fsp3) is 0.0714. The Balaban J connectivity index is 1.83. The van der Waals surface area contributed by atoms with Crippen LogP contribution in [0.4, 0.5) is 0 Å². The Morgan fingerprint density at radius 3 is 1.97 bits per heavy atom. The number of hydrogen-bond donors (Lipinski definition) is 1. The summed E-state index contributed by atoms with van der Waals surface area (Å²) < 4.78 is 0. The van der Waals surface area contributed by atoms with Crippen molar-refractivity contribution < 1.29 is 0 Å². The Morgan fingerprint density at radius 2 is 1.14 bits per heavy atom. The van der Waals surface area contributed by atoms with Crippen LogP contribution in [0, 0.1) is 13.8 Å². The predicted molar refractivity (Wildman–Crippen MR) is 126 cm³/mol. The van der Waals surface area contributed by atoms with E-state index >= 15 is 0 Å². The van der Waals surface area contributed by atoms with E-state index in [0.29, 0.717) is 0 Å². The fourth-order valence-electron chi connectivity index (χ4n) is 4.88. The van der Waals surface area contributed by atoms with Crippen molar-refractivity contribution in [3.63, 3.8) is 0 Å². The average Bonchev–Trinajstić information content (AvgIpc) is 3.13. The lowest BCUT2D eigenvalue weighted by atomic mass is 9.89. The molecule has 1 heteroatoms. The van der Waals surface area contributed by atoms with Crippen molar-refractivity contribution in [2.75, 3.05) is 0 Å². The number of benzene rings is 5. The summed E-state index contributed by atoms with van der Waals surface area (Å²) in [6.07, 6.45) is 0. The van der Waals surface area contributed by atoms with Gasteiger partial charge >= 0.3 is 0 Å². The third-order valence-corrected chi connectivity index (χ3v) is 6.26. The lowest BCUT2D eigenvalue weighted by molar-refractivity contribution is 1.43. The normalized spacial score (nSPS) is 11.8. The summed E-state index contributed by atoms with van der Waals surface area (Å²) in [5, 5.41) is 7.80. The quantitative estimate of drug-likeness (QED) is 0.302. The minimum absolute atomic E-state index is 1.20. The number of H-pyrrole nitrogens is 1. The van der Waals surface area contributed by atoms with Gasteiger partial charge in [0.15, 0.2) is 0 Å². The van der Waals surface area contributed by atoms with E-state index in [1.54, 1.807) is 0 Å². The van der Waals surface area contributed by atoms with Crippen molar-refractivity contribution in [3.8, 4) is 11.1 Å². The molecule has 5 aromatic carbocycles.